The number of hydrogen-bond donors (Lipinski definition) is 1. The predicted octanol–water partition coefficient (Wildman–Crippen LogP) is 2.76. The smallest absolute Gasteiger partial charge is 0.232 e. The fourth-order valence-electron chi connectivity index (χ4n) is 2.09. The largest absolute Gasteiger partial charge is 0.396 e. The number of thioether (sulfide) groups is 1. The van der Waals surface area contributed by atoms with Gasteiger partial charge in [0.25, 0.3) is 0 Å². The summed E-state index contributed by atoms with van der Waals surface area (Å²) in [6.45, 7) is 3.90. The van der Waals surface area contributed by atoms with Gasteiger partial charge >= 0.3 is 0 Å². The molecule has 1 saturated heterocycles. The predicted molar refractivity (Wildman–Crippen MR) is 76.5 cm³/mol. The van der Waals surface area contributed by atoms with Crippen LogP contribution in [0.4, 0.5) is 10.1 Å². The zero-order valence-electron chi connectivity index (χ0n) is 11.1. The van der Waals surface area contributed by atoms with Crippen LogP contribution >= 0.6 is 11.8 Å². The van der Waals surface area contributed by atoms with Crippen molar-refractivity contribution in [2.45, 2.75) is 24.7 Å². The number of nitrogen functional groups attached to an aromatic ring is 1. The molecule has 1 aliphatic heterocycles. The first-order valence-corrected chi connectivity index (χ1v) is 7.50. The van der Waals surface area contributed by atoms with Crippen molar-refractivity contribution in [1.29, 1.82) is 0 Å². The molecule has 1 aromatic carbocycles. The van der Waals surface area contributed by atoms with E-state index in [4.69, 9.17) is 5.73 Å². The Bertz CT molecular complexity index is 459. The van der Waals surface area contributed by atoms with Gasteiger partial charge in [-0.15, -0.1) is 11.8 Å². The number of carbonyl (C=O) groups excluding carboxylic acids is 1. The van der Waals surface area contributed by atoms with Crippen LogP contribution in [0.15, 0.2) is 23.1 Å². The Morgan fingerprint density at radius 2 is 2.16 bits per heavy atom. The van der Waals surface area contributed by atoms with Crippen molar-refractivity contribution in [3.63, 3.8) is 0 Å². The maximum absolute atomic E-state index is 13.3. The zero-order chi connectivity index (χ0) is 13.8. The topological polar surface area (TPSA) is 46.3 Å². The maximum atomic E-state index is 13.3. The van der Waals surface area contributed by atoms with Gasteiger partial charge in [0.1, 0.15) is 5.82 Å². The Morgan fingerprint density at radius 3 is 2.79 bits per heavy atom. The number of rotatable bonds is 3. The summed E-state index contributed by atoms with van der Waals surface area (Å²) < 4.78 is 13.3. The Balaban J connectivity index is 1.84. The minimum absolute atomic E-state index is 0.133. The van der Waals surface area contributed by atoms with E-state index in [9.17, 15) is 9.18 Å². The van der Waals surface area contributed by atoms with E-state index in [0.29, 0.717) is 11.7 Å². The molecule has 1 heterocycles. The van der Waals surface area contributed by atoms with Gasteiger partial charge in [-0.3, -0.25) is 4.79 Å². The molecule has 0 unspecified atom stereocenters. The normalized spacial score (nSPS) is 16.6. The third-order valence-corrected chi connectivity index (χ3v) is 4.45. The van der Waals surface area contributed by atoms with Crippen LogP contribution in [0.2, 0.25) is 0 Å². The van der Waals surface area contributed by atoms with Gasteiger partial charge in [-0.1, -0.05) is 6.92 Å². The van der Waals surface area contributed by atoms with Crippen LogP contribution < -0.4 is 5.73 Å². The summed E-state index contributed by atoms with van der Waals surface area (Å²) in [4.78, 5) is 14.7. The van der Waals surface area contributed by atoms with Crippen molar-refractivity contribution in [2.24, 2.45) is 5.92 Å². The molecule has 19 heavy (non-hydrogen) atoms. The second kappa shape index (κ2) is 6.28. The molecule has 0 aliphatic carbocycles. The van der Waals surface area contributed by atoms with E-state index < -0.39 is 5.82 Å². The van der Waals surface area contributed by atoms with Crippen LogP contribution in [0, 0.1) is 11.7 Å². The average molecular weight is 282 g/mol. The standard InChI is InChI=1S/C14H19FN2OS/c1-10-4-6-17(7-5-10)14(18)9-19-11-2-3-13(16)12(15)8-11/h2-3,8,10H,4-7,9,16H2,1H3. The Labute approximate surface area is 117 Å². The molecule has 1 amide bonds. The SMILES string of the molecule is CC1CCN(C(=O)CSc2ccc(N)c(F)c2)CC1. The lowest BCUT2D eigenvalue weighted by Gasteiger charge is -2.30. The Hall–Kier alpha value is -1.23. The zero-order valence-corrected chi connectivity index (χ0v) is 11.9. The van der Waals surface area contributed by atoms with Crippen LogP contribution in [0.3, 0.4) is 0 Å². The number of hydrogen-bond acceptors (Lipinski definition) is 3. The highest BCUT2D eigenvalue weighted by atomic mass is 32.2. The fourth-order valence-corrected chi connectivity index (χ4v) is 2.92. The first-order valence-electron chi connectivity index (χ1n) is 6.52. The van der Waals surface area contributed by atoms with Gasteiger partial charge in [-0.2, -0.15) is 0 Å². The summed E-state index contributed by atoms with van der Waals surface area (Å²) >= 11 is 1.36. The van der Waals surface area contributed by atoms with Crippen LogP contribution in [0.5, 0.6) is 0 Å². The van der Waals surface area contributed by atoms with Gasteiger partial charge in [0.15, 0.2) is 0 Å². The summed E-state index contributed by atoms with van der Waals surface area (Å²) in [5.74, 6) is 0.777. The molecular weight excluding hydrogens is 263 g/mol. The first kappa shape index (κ1) is 14.2. The molecule has 2 N–H and O–H groups in total. The Kier molecular flexibility index (Phi) is 4.69. The molecule has 104 valence electrons. The van der Waals surface area contributed by atoms with Crippen molar-refractivity contribution in [2.75, 3.05) is 24.6 Å². The monoisotopic (exact) mass is 282 g/mol. The molecule has 1 fully saturated rings. The van der Waals surface area contributed by atoms with Gasteiger partial charge in [-0.05, 0) is 37.0 Å². The van der Waals surface area contributed by atoms with E-state index in [-0.39, 0.29) is 11.6 Å². The van der Waals surface area contributed by atoms with E-state index >= 15 is 0 Å². The molecule has 0 atom stereocenters. The molecule has 1 aliphatic rings. The number of halogens is 1. The third kappa shape index (κ3) is 3.86. The quantitative estimate of drug-likeness (QED) is 0.685. The first-order chi connectivity index (χ1) is 9.06. The van der Waals surface area contributed by atoms with Crippen LogP contribution in [-0.4, -0.2) is 29.6 Å². The van der Waals surface area contributed by atoms with Crippen LogP contribution in [-0.2, 0) is 4.79 Å². The van der Waals surface area contributed by atoms with Crippen LogP contribution in [0.25, 0.3) is 0 Å². The van der Waals surface area contributed by atoms with Crippen molar-refractivity contribution in [1.82, 2.24) is 4.90 Å². The fraction of sp³-hybridized carbons (Fsp3) is 0.500. The third-order valence-electron chi connectivity index (χ3n) is 3.47. The lowest BCUT2D eigenvalue weighted by Crippen LogP contribution is -2.38. The lowest BCUT2D eigenvalue weighted by molar-refractivity contribution is -0.129. The molecule has 5 heteroatoms. The van der Waals surface area contributed by atoms with Gasteiger partial charge in [0.2, 0.25) is 5.91 Å². The molecule has 0 radical (unpaired) electrons. The molecule has 3 nitrogen and oxygen atoms in total. The van der Waals surface area contributed by atoms with Crippen molar-refractivity contribution >= 4 is 23.4 Å². The Morgan fingerprint density at radius 1 is 1.47 bits per heavy atom. The number of carbonyl (C=O) groups is 1. The van der Waals surface area contributed by atoms with Crippen molar-refractivity contribution in [3.05, 3.63) is 24.0 Å². The van der Waals surface area contributed by atoms with Gasteiger partial charge in [0, 0.05) is 18.0 Å². The van der Waals surface area contributed by atoms with Gasteiger partial charge < -0.3 is 10.6 Å². The summed E-state index contributed by atoms with van der Waals surface area (Å²) in [5.41, 5.74) is 5.55. The molecule has 0 bridgehead atoms. The molecule has 1 aromatic rings. The van der Waals surface area contributed by atoms with E-state index in [1.54, 1.807) is 6.07 Å². The van der Waals surface area contributed by atoms with Crippen molar-refractivity contribution < 1.29 is 9.18 Å². The summed E-state index contributed by atoms with van der Waals surface area (Å²) in [6.07, 6.45) is 2.15. The number of nitrogens with zero attached hydrogens (tertiary/aromatic N) is 1. The van der Waals surface area contributed by atoms with Crippen molar-refractivity contribution in [3.8, 4) is 0 Å². The number of nitrogens with two attached hydrogens (primary N) is 1. The highest BCUT2D eigenvalue weighted by molar-refractivity contribution is 8.00. The molecule has 2 rings (SSSR count). The molecule has 0 saturated carbocycles. The minimum atomic E-state index is -0.427. The maximum Gasteiger partial charge on any atom is 0.232 e. The van der Waals surface area contributed by atoms with E-state index in [0.717, 1.165) is 30.8 Å². The van der Waals surface area contributed by atoms with Gasteiger partial charge in [-0.25, -0.2) is 4.39 Å². The number of benzene rings is 1. The second-order valence-electron chi connectivity index (χ2n) is 5.04. The van der Waals surface area contributed by atoms with Crippen LogP contribution in [0.1, 0.15) is 19.8 Å². The molecule has 0 aromatic heterocycles. The molecular formula is C14H19FN2OS. The number of piperidine rings is 1. The number of likely N-dealkylation sites (tertiary alicyclic amines) is 1. The highest BCUT2D eigenvalue weighted by Gasteiger charge is 2.20. The molecule has 0 spiro atoms. The average Bonchev–Trinajstić information content (AvgIpc) is 2.40. The summed E-state index contributed by atoms with van der Waals surface area (Å²) in [6, 6.07) is 4.66. The number of amides is 1. The summed E-state index contributed by atoms with van der Waals surface area (Å²) in [5, 5.41) is 0. The number of anilines is 1. The second-order valence-corrected chi connectivity index (χ2v) is 6.08. The lowest BCUT2D eigenvalue weighted by atomic mass is 9.99. The minimum Gasteiger partial charge on any atom is -0.396 e. The summed E-state index contributed by atoms with van der Waals surface area (Å²) in [7, 11) is 0. The van der Waals surface area contributed by atoms with E-state index in [1.165, 1.54) is 23.9 Å². The highest BCUT2D eigenvalue weighted by Crippen LogP contribution is 2.23. The van der Waals surface area contributed by atoms with E-state index in [2.05, 4.69) is 6.92 Å². The van der Waals surface area contributed by atoms with Gasteiger partial charge in [0.05, 0.1) is 11.4 Å². The van der Waals surface area contributed by atoms with E-state index in [1.807, 2.05) is 4.90 Å².